The van der Waals surface area contributed by atoms with Crippen LogP contribution in [0.2, 0.25) is 5.02 Å². The zero-order chi connectivity index (χ0) is 14.3. The molecule has 5 nitrogen and oxygen atoms in total. The molecule has 0 fully saturated rings. The number of carbonyl (C=O) groups excluding carboxylic acids is 1. The summed E-state index contributed by atoms with van der Waals surface area (Å²) < 4.78 is 5.08. The first kappa shape index (κ1) is 15.3. The zero-order valence-corrected chi connectivity index (χ0v) is 11.4. The quantitative estimate of drug-likeness (QED) is 0.754. The van der Waals surface area contributed by atoms with E-state index in [-0.39, 0.29) is 12.3 Å². The van der Waals surface area contributed by atoms with Gasteiger partial charge < -0.3 is 15.2 Å². The molecule has 0 bridgehead atoms. The topological polar surface area (TPSA) is 75.6 Å². The van der Waals surface area contributed by atoms with E-state index in [4.69, 9.17) is 21.4 Å². The van der Waals surface area contributed by atoms with Crippen molar-refractivity contribution in [3.8, 4) is 5.75 Å². The second-order valence-electron chi connectivity index (χ2n) is 3.95. The molecule has 0 aliphatic rings. The lowest BCUT2D eigenvalue weighted by Gasteiger charge is -2.09. The number of rotatable bonds is 7. The van der Waals surface area contributed by atoms with E-state index in [1.54, 1.807) is 18.2 Å². The number of carboxylic acids is 1. The highest BCUT2D eigenvalue weighted by Gasteiger charge is 2.11. The average Bonchev–Trinajstić information content (AvgIpc) is 2.37. The monoisotopic (exact) mass is 285 g/mol. The molecule has 0 atom stereocenters. The maximum Gasteiger partial charge on any atom is 0.303 e. The largest absolute Gasteiger partial charge is 0.496 e. The number of hydrogen-bond acceptors (Lipinski definition) is 3. The average molecular weight is 286 g/mol. The van der Waals surface area contributed by atoms with Gasteiger partial charge in [-0.25, -0.2) is 0 Å². The summed E-state index contributed by atoms with van der Waals surface area (Å²) in [6, 6.07) is 4.78. The van der Waals surface area contributed by atoms with Crippen LogP contribution in [-0.2, 0) is 4.79 Å². The fourth-order valence-corrected chi connectivity index (χ4v) is 1.71. The molecular weight excluding hydrogens is 270 g/mol. The van der Waals surface area contributed by atoms with Crippen LogP contribution >= 0.6 is 11.6 Å². The van der Waals surface area contributed by atoms with Crippen molar-refractivity contribution in [2.45, 2.75) is 19.3 Å². The number of carbonyl (C=O) groups is 2. The number of halogens is 1. The van der Waals surface area contributed by atoms with Crippen molar-refractivity contribution in [1.29, 1.82) is 0 Å². The van der Waals surface area contributed by atoms with E-state index in [1.807, 2.05) is 0 Å². The number of aliphatic carboxylic acids is 1. The van der Waals surface area contributed by atoms with Crippen LogP contribution < -0.4 is 10.1 Å². The lowest BCUT2D eigenvalue weighted by molar-refractivity contribution is -0.137. The summed E-state index contributed by atoms with van der Waals surface area (Å²) in [5.41, 5.74) is 0.408. The third-order valence-electron chi connectivity index (χ3n) is 2.51. The van der Waals surface area contributed by atoms with Crippen molar-refractivity contribution in [3.05, 3.63) is 28.8 Å². The van der Waals surface area contributed by atoms with Crippen LogP contribution in [0.4, 0.5) is 0 Å². The normalized spacial score (nSPS) is 10.0. The highest BCUT2D eigenvalue weighted by molar-refractivity contribution is 6.30. The number of benzene rings is 1. The Hall–Kier alpha value is -1.75. The molecule has 0 unspecified atom stereocenters. The first-order valence-corrected chi connectivity index (χ1v) is 6.26. The first-order valence-electron chi connectivity index (χ1n) is 5.88. The summed E-state index contributed by atoms with van der Waals surface area (Å²) in [5, 5.41) is 11.7. The van der Waals surface area contributed by atoms with Gasteiger partial charge >= 0.3 is 5.97 Å². The van der Waals surface area contributed by atoms with E-state index >= 15 is 0 Å². The summed E-state index contributed by atoms with van der Waals surface area (Å²) >= 11 is 5.81. The molecule has 0 saturated heterocycles. The molecule has 0 radical (unpaired) electrons. The van der Waals surface area contributed by atoms with E-state index in [1.165, 1.54) is 7.11 Å². The van der Waals surface area contributed by atoms with Crippen LogP contribution in [0, 0.1) is 0 Å². The molecular formula is C13H16ClNO4. The SMILES string of the molecule is COc1cc(Cl)ccc1C(=O)NCCCCC(=O)O. The minimum Gasteiger partial charge on any atom is -0.496 e. The number of ether oxygens (including phenoxy) is 1. The van der Waals surface area contributed by atoms with Crippen molar-refractivity contribution in [3.63, 3.8) is 0 Å². The Bertz CT molecular complexity index is 462. The van der Waals surface area contributed by atoms with Gasteiger partial charge in [-0.15, -0.1) is 0 Å². The number of methoxy groups -OCH3 is 1. The molecule has 1 aromatic rings. The molecule has 0 heterocycles. The molecule has 6 heteroatoms. The number of hydrogen-bond donors (Lipinski definition) is 2. The lowest BCUT2D eigenvalue weighted by atomic mass is 10.2. The Kier molecular flexibility index (Phi) is 6.15. The van der Waals surface area contributed by atoms with Crippen LogP contribution in [0.1, 0.15) is 29.6 Å². The Balaban J connectivity index is 2.47. The van der Waals surface area contributed by atoms with E-state index in [9.17, 15) is 9.59 Å². The van der Waals surface area contributed by atoms with E-state index in [0.29, 0.717) is 35.7 Å². The first-order chi connectivity index (χ1) is 9.04. The fourth-order valence-electron chi connectivity index (χ4n) is 1.55. The lowest BCUT2D eigenvalue weighted by Crippen LogP contribution is -2.25. The fraction of sp³-hybridized carbons (Fsp3) is 0.385. The molecule has 1 aromatic carbocycles. The standard InChI is InChI=1S/C13H16ClNO4/c1-19-11-8-9(14)5-6-10(11)13(18)15-7-3-2-4-12(16)17/h5-6,8H,2-4,7H2,1H3,(H,15,18)(H,16,17). The van der Waals surface area contributed by atoms with Gasteiger partial charge in [0.05, 0.1) is 12.7 Å². The van der Waals surface area contributed by atoms with Gasteiger partial charge in [-0.05, 0) is 31.0 Å². The number of carboxylic acid groups (broad SMARTS) is 1. The van der Waals surface area contributed by atoms with Gasteiger partial charge in [0.1, 0.15) is 5.75 Å². The molecule has 1 rings (SSSR count). The van der Waals surface area contributed by atoms with Crippen LogP contribution in [0.5, 0.6) is 5.75 Å². The van der Waals surface area contributed by atoms with Gasteiger partial charge in [-0.3, -0.25) is 9.59 Å². The Morgan fingerprint density at radius 1 is 1.37 bits per heavy atom. The Morgan fingerprint density at radius 3 is 2.74 bits per heavy atom. The smallest absolute Gasteiger partial charge is 0.303 e. The van der Waals surface area contributed by atoms with Gasteiger partial charge in [0.15, 0.2) is 0 Å². The van der Waals surface area contributed by atoms with E-state index < -0.39 is 5.97 Å². The summed E-state index contributed by atoms with van der Waals surface area (Å²) in [6.45, 7) is 0.428. The highest BCUT2D eigenvalue weighted by atomic mass is 35.5. The number of nitrogens with one attached hydrogen (secondary N) is 1. The van der Waals surface area contributed by atoms with Crippen molar-refractivity contribution < 1.29 is 19.4 Å². The van der Waals surface area contributed by atoms with Crippen molar-refractivity contribution in [2.24, 2.45) is 0 Å². The van der Waals surface area contributed by atoms with Gasteiger partial charge in [0.2, 0.25) is 0 Å². The maximum atomic E-state index is 11.9. The maximum absolute atomic E-state index is 11.9. The van der Waals surface area contributed by atoms with Gasteiger partial charge in [-0.1, -0.05) is 11.6 Å². The molecule has 2 N–H and O–H groups in total. The molecule has 0 spiro atoms. The summed E-state index contributed by atoms with van der Waals surface area (Å²) in [7, 11) is 1.47. The molecule has 0 aliphatic carbocycles. The summed E-state index contributed by atoms with van der Waals surface area (Å²) in [5.74, 6) is -0.676. The van der Waals surface area contributed by atoms with Crippen molar-refractivity contribution >= 4 is 23.5 Å². The van der Waals surface area contributed by atoms with Gasteiger partial charge in [0.25, 0.3) is 5.91 Å². The third-order valence-corrected chi connectivity index (χ3v) is 2.75. The number of amides is 1. The third kappa shape index (κ3) is 5.18. The molecule has 0 saturated carbocycles. The van der Waals surface area contributed by atoms with E-state index in [2.05, 4.69) is 5.32 Å². The second-order valence-corrected chi connectivity index (χ2v) is 4.39. The highest BCUT2D eigenvalue weighted by Crippen LogP contribution is 2.22. The van der Waals surface area contributed by atoms with Crippen molar-refractivity contribution in [2.75, 3.05) is 13.7 Å². The number of unbranched alkanes of at least 4 members (excludes halogenated alkanes) is 1. The predicted octanol–water partition coefficient (Wildman–Crippen LogP) is 2.33. The van der Waals surface area contributed by atoms with Gasteiger partial charge in [0, 0.05) is 18.0 Å². The minimum atomic E-state index is -0.828. The molecule has 19 heavy (non-hydrogen) atoms. The summed E-state index contributed by atoms with van der Waals surface area (Å²) in [4.78, 5) is 22.2. The minimum absolute atomic E-state index is 0.111. The van der Waals surface area contributed by atoms with Crippen molar-refractivity contribution in [1.82, 2.24) is 5.32 Å². The van der Waals surface area contributed by atoms with Gasteiger partial charge in [-0.2, -0.15) is 0 Å². The van der Waals surface area contributed by atoms with Crippen LogP contribution in [0.15, 0.2) is 18.2 Å². The predicted molar refractivity (Wildman–Crippen MR) is 71.8 cm³/mol. The van der Waals surface area contributed by atoms with Crippen LogP contribution in [0.25, 0.3) is 0 Å². The summed E-state index contributed by atoms with van der Waals surface area (Å²) in [6.07, 6.45) is 1.27. The van der Waals surface area contributed by atoms with Crippen LogP contribution in [0.3, 0.4) is 0 Å². The zero-order valence-electron chi connectivity index (χ0n) is 10.6. The molecule has 1 amide bonds. The van der Waals surface area contributed by atoms with E-state index in [0.717, 1.165) is 0 Å². The Morgan fingerprint density at radius 2 is 2.11 bits per heavy atom. The van der Waals surface area contributed by atoms with Crippen LogP contribution in [-0.4, -0.2) is 30.6 Å². The second kappa shape index (κ2) is 7.63. The molecule has 0 aromatic heterocycles. The molecule has 104 valence electrons. The molecule has 0 aliphatic heterocycles. The Labute approximate surface area is 116 Å².